The molecule has 0 radical (unpaired) electrons. The molecule has 0 rings (SSSR count). The van der Waals surface area contributed by atoms with Gasteiger partial charge in [0.1, 0.15) is 23.1 Å². The Balaban J connectivity index is 4.24. The van der Waals surface area contributed by atoms with Crippen molar-refractivity contribution in [2.24, 2.45) is 0 Å². The molecule has 0 spiro atoms. The second-order valence-electron chi connectivity index (χ2n) is 2.87. The Morgan fingerprint density at radius 1 is 0.850 bits per heavy atom. The Bertz CT molecular complexity index is 399. The van der Waals surface area contributed by atoms with Crippen LogP contribution in [0.15, 0.2) is 0 Å². The van der Waals surface area contributed by atoms with Gasteiger partial charge in [-0.15, -0.1) is 17.6 Å². The normalized spacial score (nSPS) is 11.6. The van der Waals surface area contributed by atoms with E-state index < -0.39 is 47.1 Å². The van der Waals surface area contributed by atoms with E-state index in [1.807, 2.05) is 0 Å². The van der Waals surface area contributed by atoms with Gasteiger partial charge in [0, 0.05) is 0 Å². The fourth-order valence-electron chi connectivity index (χ4n) is 0.591. The smallest absolute Gasteiger partial charge is 0.452 e. The number of hydrogen-bond donors (Lipinski definition) is 0. The highest BCUT2D eigenvalue weighted by Crippen LogP contribution is 2.17. The van der Waals surface area contributed by atoms with E-state index in [2.05, 4.69) is 9.47 Å². The van der Waals surface area contributed by atoms with Crippen LogP contribution >= 0.6 is 0 Å². The van der Waals surface area contributed by atoms with Crippen molar-refractivity contribution in [1.29, 1.82) is 0 Å². The molecule has 0 saturated carbocycles. The van der Waals surface area contributed by atoms with Gasteiger partial charge in [-0.2, -0.15) is 0 Å². The average Bonchev–Trinajstić information content (AvgIpc) is 2.33. The molecule has 10 nitrogen and oxygen atoms in total. The van der Waals surface area contributed by atoms with Gasteiger partial charge in [0.05, 0.1) is 0 Å². The molecular weight excluding hydrogens is 304 g/mol. The number of alkyl halides is 4. The fourth-order valence-corrected chi connectivity index (χ4v) is 0.591. The summed E-state index contributed by atoms with van der Waals surface area (Å²) < 4.78 is 56.5. The zero-order valence-corrected chi connectivity index (χ0v) is 9.09. The molecule has 14 heteroatoms. The lowest BCUT2D eigenvalue weighted by atomic mass is 10.5. The van der Waals surface area contributed by atoms with E-state index in [0.29, 0.717) is 0 Å². The molecule has 20 heavy (non-hydrogen) atoms. The number of ether oxygens (including phenoxy) is 2. The zero-order valence-electron chi connectivity index (χ0n) is 9.09. The number of halogens is 4. The predicted molar refractivity (Wildman–Crippen MR) is 45.8 cm³/mol. The third-order valence-electron chi connectivity index (χ3n) is 1.50. The fraction of sp³-hybridized carbons (Fsp3) is 0.667. The molecule has 0 aromatic carbocycles. The topological polar surface area (TPSA) is 139 Å². The molecule has 114 valence electrons. The van der Waals surface area contributed by atoms with E-state index in [1.165, 1.54) is 0 Å². The van der Waals surface area contributed by atoms with Gasteiger partial charge in [0.15, 0.2) is 0 Å². The number of nitro groups is 2. The standard InChI is InChI=1S/C6H4F4N2O8/c7-5(8,11(15)16)3(13)19-1-2-20-4(14)6(9,10)12(17)18/h1-2H2. The van der Waals surface area contributed by atoms with E-state index in [9.17, 15) is 47.4 Å². The quantitative estimate of drug-likeness (QED) is 0.157. The maximum absolute atomic E-state index is 12.3. The maximum Gasteiger partial charge on any atom is 0.613 e. The highest BCUT2D eigenvalue weighted by Gasteiger charge is 2.57. The van der Waals surface area contributed by atoms with E-state index >= 15 is 0 Å². The van der Waals surface area contributed by atoms with Crippen LogP contribution in [0, 0.1) is 20.2 Å². The molecule has 0 heterocycles. The van der Waals surface area contributed by atoms with Crippen molar-refractivity contribution >= 4 is 11.9 Å². The van der Waals surface area contributed by atoms with Crippen LogP contribution in [0.4, 0.5) is 17.6 Å². The summed E-state index contributed by atoms with van der Waals surface area (Å²) in [6.07, 6.45) is 0. The van der Waals surface area contributed by atoms with Crippen molar-refractivity contribution in [3.05, 3.63) is 20.2 Å². The van der Waals surface area contributed by atoms with Crippen LogP contribution in [0.5, 0.6) is 0 Å². The first-order chi connectivity index (χ1) is 8.94. The van der Waals surface area contributed by atoms with Gasteiger partial charge < -0.3 is 9.47 Å². The first kappa shape index (κ1) is 17.5. The Hall–Kier alpha value is -2.54. The molecule has 0 aromatic rings. The zero-order chi connectivity index (χ0) is 16.1. The molecule has 0 aliphatic heterocycles. The van der Waals surface area contributed by atoms with Crippen molar-refractivity contribution < 1.29 is 46.5 Å². The molecule has 0 bridgehead atoms. The van der Waals surface area contributed by atoms with Crippen LogP contribution in [0.1, 0.15) is 0 Å². The van der Waals surface area contributed by atoms with Gasteiger partial charge in [-0.05, 0) is 0 Å². The second kappa shape index (κ2) is 6.07. The lowest BCUT2D eigenvalue weighted by molar-refractivity contribution is -0.625. The van der Waals surface area contributed by atoms with Crippen LogP contribution in [0.25, 0.3) is 0 Å². The second-order valence-corrected chi connectivity index (χ2v) is 2.87. The summed E-state index contributed by atoms with van der Waals surface area (Å²) in [6, 6.07) is -10.1. The number of hydrogen-bond acceptors (Lipinski definition) is 8. The number of rotatable bonds is 7. The third-order valence-corrected chi connectivity index (χ3v) is 1.50. The van der Waals surface area contributed by atoms with Gasteiger partial charge in [-0.3, -0.25) is 20.2 Å². The summed E-state index contributed by atoms with van der Waals surface area (Å²) in [4.78, 5) is 35.8. The predicted octanol–water partition coefficient (Wildman–Crippen LogP) is -0.188. The largest absolute Gasteiger partial charge is 0.613 e. The summed E-state index contributed by atoms with van der Waals surface area (Å²) in [5.41, 5.74) is 0. The highest BCUT2D eigenvalue weighted by atomic mass is 19.3. The summed E-state index contributed by atoms with van der Waals surface area (Å²) in [6.45, 7) is -2.47. The van der Waals surface area contributed by atoms with Crippen LogP contribution in [-0.4, -0.2) is 47.1 Å². The lowest BCUT2D eigenvalue weighted by Crippen LogP contribution is -2.41. The van der Waals surface area contributed by atoms with E-state index in [1.54, 1.807) is 0 Å². The minimum atomic E-state index is -5.06. The first-order valence-corrected chi connectivity index (χ1v) is 4.33. The Kier molecular flexibility index (Phi) is 5.30. The minimum Gasteiger partial charge on any atom is -0.452 e. The minimum absolute atomic E-state index is 1.23. The number of carbonyl (C=O) groups excluding carboxylic acids is 2. The van der Waals surface area contributed by atoms with Crippen LogP contribution < -0.4 is 0 Å². The molecule has 0 aromatic heterocycles. The summed E-state index contributed by atoms with van der Waals surface area (Å²) >= 11 is 0. The summed E-state index contributed by atoms with van der Waals surface area (Å²) in [7, 11) is 0. The highest BCUT2D eigenvalue weighted by molar-refractivity contribution is 5.76. The summed E-state index contributed by atoms with van der Waals surface area (Å²) in [5.74, 6) is -5.22. The Morgan fingerprint density at radius 2 is 1.10 bits per heavy atom. The van der Waals surface area contributed by atoms with Crippen LogP contribution in [0.2, 0.25) is 0 Å². The van der Waals surface area contributed by atoms with Gasteiger partial charge in [-0.25, -0.2) is 9.59 Å². The van der Waals surface area contributed by atoms with Crippen molar-refractivity contribution in [3.63, 3.8) is 0 Å². The van der Waals surface area contributed by atoms with Gasteiger partial charge in [0.2, 0.25) is 0 Å². The Labute approximate surface area is 105 Å². The van der Waals surface area contributed by atoms with Crippen LogP contribution in [0.3, 0.4) is 0 Å². The van der Waals surface area contributed by atoms with E-state index in [0.717, 1.165) is 0 Å². The average molecular weight is 308 g/mol. The number of nitrogens with zero attached hydrogens (tertiary/aromatic N) is 2. The molecule has 0 fully saturated rings. The van der Waals surface area contributed by atoms with Gasteiger partial charge >= 0.3 is 24.0 Å². The van der Waals surface area contributed by atoms with Crippen LogP contribution in [-0.2, 0) is 19.1 Å². The van der Waals surface area contributed by atoms with Crippen molar-refractivity contribution in [2.75, 3.05) is 13.2 Å². The number of esters is 2. The van der Waals surface area contributed by atoms with E-state index in [4.69, 9.17) is 0 Å². The first-order valence-electron chi connectivity index (χ1n) is 4.33. The van der Waals surface area contributed by atoms with E-state index in [-0.39, 0.29) is 0 Å². The molecule has 0 atom stereocenters. The van der Waals surface area contributed by atoms with Crippen molar-refractivity contribution in [1.82, 2.24) is 0 Å². The molecular formula is C6H4F4N2O8. The number of carbonyl (C=O) groups is 2. The molecule has 0 aliphatic rings. The third kappa shape index (κ3) is 3.99. The molecule has 0 saturated heterocycles. The molecule has 0 N–H and O–H groups in total. The monoisotopic (exact) mass is 308 g/mol. The Morgan fingerprint density at radius 3 is 1.30 bits per heavy atom. The van der Waals surface area contributed by atoms with Gasteiger partial charge in [-0.1, -0.05) is 0 Å². The SMILES string of the molecule is O=C(OCCOC(=O)C(F)(F)[N+](=O)[O-])C(F)(F)[N+](=O)[O-]. The molecule has 0 amide bonds. The molecule has 0 aliphatic carbocycles. The lowest BCUT2D eigenvalue weighted by Gasteiger charge is -2.09. The molecule has 0 unspecified atom stereocenters. The maximum atomic E-state index is 12.3. The summed E-state index contributed by atoms with van der Waals surface area (Å²) in [5, 5.41) is 19.4. The van der Waals surface area contributed by atoms with Gasteiger partial charge in [0.25, 0.3) is 0 Å². The van der Waals surface area contributed by atoms with Crippen molar-refractivity contribution in [2.45, 2.75) is 12.1 Å². The van der Waals surface area contributed by atoms with Crippen molar-refractivity contribution in [3.8, 4) is 0 Å².